The van der Waals surface area contributed by atoms with Gasteiger partial charge >= 0.3 is 0 Å². The van der Waals surface area contributed by atoms with Crippen LogP contribution in [0.5, 0.6) is 0 Å². The van der Waals surface area contributed by atoms with Crippen LogP contribution in [-0.4, -0.2) is 11.4 Å². The standard InChI is InChI=1S/C16H19BrN2O/c1-11-6-8-16(10-18,9-7-11)19-15(20)13-5-3-4-12(2)14(13)17/h3-5,11H,6-9H2,1-2H3,(H,19,20). The first kappa shape index (κ1) is 15.1. The van der Waals surface area contributed by atoms with Crippen molar-refractivity contribution in [3.05, 3.63) is 33.8 Å². The molecule has 0 aromatic heterocycles. The lowest BCUT2D eigenvalue weighted by Crippen LogP contribution is -2.49. The van der Waals surface area contributed by atoms with Crippen molar-refractivity contribution < 1.29 is 4.79 Å². The summed E-state index contributed by atoms with van der Waals surface area (Å²) in [5.41, 5.74) is 0.909. The van der Waals surface area contributed by atoms with Crippen molar-refractivity contribution in [2.24, 2.45) is 5.92 Å². The number of nitrogens with zero attached hydrogens (tertiary/aromatic N) is 1. The fourth-order valence-corrected chi connectivity index (χ4v) is 3.07. The maximum absolute atomic E-state index is 12.4. The first-order chi connectivity index (χ1) is 9.47. The first-order valence-corrected chi connectivity index (χ1v) is 7.75. The number of carbonyl (C=O) groups excluding carboxylic acids is 1. The van der Waals surface area contributed by atoms with E-state index in [0.29, 0.717) is 11.5 Å². The number of carbonyl (C=O) groups is 1. The summed E-state index contributed by atoms with van der Waals surface area (Å²) in [6.45, 7) is 4.14. The van der Waals surface area contributed by atoms with Crippen LogP contribution in [0.3, 0.4) is 0 Å². The second-order valence-corrected chi connectivity index (χ2v) is 6.56. The third kappa shape index (κ3) is 3.04. The van der Waals surface area contributed by atoms with Crippen LogP contribution in [0, 0.1) is 24.2 Å². The topological polar surface area (TPSA) is 52.9 Å². The smallest absolute Gasteiger partial charge is 0.253 e. The molecule has 4 heteroatoms. The van der Waals surface area contributed by atoms with Gasteiger partial charge in [0, 0.05) is 4.47 Å². The van der Waals surface area contributed by atoms with Crippen LogP contribution in [0.2, 0.25) is 0 Å². The highest BCUT2D eigenvalue weighted by molar-refractivity contribution is 9.10. The number of aryl methyl sites for hydroxylation is 1. The second kappa shape index (κ2) is 5.97. The zero-order valence-electron chi connectivity index (χ0n) is 11.9. The quantitative estimate of drug-likeness (QED) is 0.889. The molecule has 20 heavy (non-hydrogen) atoms. The summed E-state index contributed by atoms with van der Waals surface area (Å²) in [6.07, 6.45) is 3.45. The van der Waals surface area contributed by atoms with Crippen LogP contribution in [0.15, 0.2) is 22.7 Å². The normalized spacial score (nSPS) is 25.8. The van der Waals surface area contributed by atoms with Crippen molar-refractivity contribution in [1.82, 2.24) is 5.32 Å². The zero-order chi connectivity index (χ0) is 14.8. The van der Waals surface area contributed by atoms with Gasteiger partial charge in [0.15, 0.2) is 0 Å². The molecule has 0 spiro atoms. The van der Waals surface area contributed by atoms with Gasteiger partial charge in [-0.2, -0.15) is 5.26 Å². The third-order valence-electron chi connectivity index (χ3n) is 4.13. The molecule has 0 unspecified atom stereocenters. The molecule has 0 radical (unpaired) electrons. The molecule has 0 atom stereocenters. The maximum atomic E-state index is 12.4. The third-order valence-corrected chi connectivity index (χ3v) is 5.18. The van der Waals surface area contributed by atoms with Gasteiger partial charge in [0.2, 0.25) is 0 Å². The van der Waals surface area contributed by atoms with Gasteiger partial charge in [0.1, 0.15) is 5.54 Å². The zero-order valence-corrected chi connectivity index (χ0v) is 13.5. The number of halogens is 1. The summed E-state index contributed by atoms with van der Waals surface area (Å²) in [6, 6.07) is 7.91. The van der Waals surface area contributed by atoms with Gasteiger partial charge in [-0.15, -0.1) is 0 Å². The van der Waals surface area contributed by atoms with E-state index >= 15 is 0 Å². The summed E-state index contributed by atoms with van der Waals surface area (Å²) in [4.78, 5) is 12.4. The van der Waals surface area contributed by atoms with Crippen LogP contribution in [0.25, 0.3) is 0 Å². The molecule has 1 aliphatic carbocycles. The Morgan fingerprint density at radius 3 is 2.70 bits per heavy atom. The highest BCUT2D eigenvalue weighted by Crippen LogP contribution is 2.32. The highest BCUT2D eigenvalue weighted by atomic mass is 79.9. The van der Waals surface area contributed by atoms with E-state index in [1.54, 1.807) is 6.07 Å². The molecule has 1 fully saturated rings. The number of nitrogens with one attached hydrogen (secondary N) is 1. The SMILES string of the molecule is Cc1cccc(C(=O)NC2(C#N)CCC(C)CC2)c1Br. The van der Waals surface area contributed by atoms with E-state index in [2.05, 4.69) is 34.2 Å². The van der Waals surface area contributed by atoms with Gasteiger partial charge in [-0.25, -0.2) is 0 Å². The van der Waals surface area contributed by atoms with Crippen molar-refractivity contribution in [1.29, 1.82) is 5.26 Å². The van der Waals surface area contributed by atoms with Crippen molar-refractivity contribution in [3.63, 3.8) is 0 Å². The minimum absolute atomic E-state index is 0.170. The minimum Gasteiger partial charge on any atom is -0.334 e. The molecule has 1 saturated carbocycles. The van der Waals surface area contributed by atoms with Crippen molar-refractivity contribution in [3.8, 4) is 6.07 Å². The van der Waals surface area contributed by atoms with Crippen molar-refractivity contribution >= 4 is 21.8 Å². The Labute approximate surface area is 128 Å². The van der Waals surface area contributed by atoms with E-state index in [0.717, 1.165) is 35.7 Å². The van der Waals surface area contributed by atoms with Crippen LogP contribution in [0.1, 0.15) is 48.5 Å². The lowest BCUT2D eigenvalue weighted by Gasteiger charge is -2.34. The lowest BCUT2D eigenvalue weighted by molar-refractivity contribution is 0.0893. The Kier molecular flexibility index (Phi) is 4.49. The molecule has 1 N–H and O–H groups in total. The van der Waals surface area contributed by atoms with Gasteiger partial charge < -0.3 is 5.32 Å². The van der Waals surface area contributed by atoms with E-state index in [1.165, 1.54) is 0 Å². The van der Waals surface area contributed by atoms with Gasteiger partial charge in [-0.3, -0.25) is 4.79 Å². The van der Waals surface area contributed by atoms with Gasteiger partial charge in [0.25, 0.3) is 5.91 Å². The van der Waals surface area contributed by atoms with Gasteiger partial charge in [0.05, 0.1) is 11.6 Å². The van der Waals surface area contributed by atoms with E-state index in [4.69, 9.17) is 0 Å². The molecule has 1 aliphatic rings. The highest BCUT2D eigenvalue weighted by Gasteiger charge is 2.36. The molecule has 106 valence electrons. The summed E-state index contributed by atoms with van der Waals surface area (Å²) >= 11 is 3.45. The molecule has 0 bridgehead atoms. The predicted octanol–water partition coefficient (Wildman–Crippen LogP) is 3.96. The number of rotatable bonds is 2. The van der Waals surface area contributed by atoms with Crippen LogP contribution < -0.4 is 5.32 Å². The molecule has 1 aromatic carbocycles. The van der Waals surface area contributed by atoms with Gasteiger partial charge in [-0.1, -0.05) is 19.1 Å². The van der Waals surface area contributed by atoms with Crippen LogP contribution in [-0.2, 0) is 0 Å². The fraction of sp³-hybridized carbons (Fsp3) is 0.500. The largest absolute Gasteiger partial charge is 0.334 e. The molecule has 0 heterocycles. The Balaban J connectivity index is 2.18. The monoisotopic (exact) mass is 334 g/mol. The molecule has 3 nitrogen and oxygen atoms in total. The Bertz CT molecular complexity index is 554. The maximum Gasteiger partial charge on any atom is 0.253 e. The Morgan fingerprint density at radius 1 is 1.45 bits per heavy atom. The second-order valence-electron chi connectivity index (χ2n) is 5.77. The first-order valence-electron chi connectivity index (χ1n) is 6.96. The fourth-order valence-electron chi connectivity index (χ4n) is 2.63. The summed E-state index contributed by atoms with van der Waals surface area (Å²) in [5, 5.41) is 12.4. The average molecular weight is 335 g/mol. The molecule has 1 amide bonds. The molecule has 2 rings (SSSR count). The van der Waals surface area contributed by atoms with Crippen LogP contribution >= 0.6 is 15.9 Å². The molecule has 0 saturated heterocycles. The molecular weight excluding hydrogens is 316 g/mol. The van der Waals surface area contributed by atoms with Crippen LogP contribution in [0.4, 0.5) is 0 Å². The van der Waals surface area contributed by atoms with E-state index in [9.17, 15) is 10.1 Å². The van der Waals surface area contributed by atoms with Crippen molar-refractivity contribution in [2.75, 3.05) is 0 Å². The van der Waals surface area contributed by atoms with E-state index in [-0.39, 0.29) is 5.91 Å². The number of benzene rings is 1. The Hall–Kier alpha value is -1.34. The number of amides is 1. The number of nitriles is 1. The molecule has 1 aromatic rings. The summed E-state index contributed by atoms with van der Waals surface area (Å²) in [7, 11) is 0. The minimum atomic E-state index is -0.702. The van der Waals surface area contributed by atoms with E-state index in [1.807, 2.05) is 19.1 Å². The molecular formula is C16H19BrN2O. The predicted molar refractivity (Wildman–Crippen MR) is 82.3 cm³/mol. The summed E-state index contributed by atoms with van der Waals surface area (Å²) in [5.74, 6) is 0.468. The Morgan fingerprint density at radius 2 is 2.10 bits per heavy atom. The lowest BCUT2D eigenvalue weighted by atomic mass is 9.78. The summed E-state index contributed by atoms with van der Waals surface area (Å²) < 4.78 is 0.801. The number of hydrogen-bond acceptors (Lipinski definition) is 2. The van der Waals surface area contributed by atoms with E-state index < -0.39 is 5.54 Å². The van der Waals surface area contributed by atoms with Crippen molar-refractivity contribution in [2.45, 2.75) is 45.1 Å². The van der Waals surface area contributed by atoms with Gasteiger partial charge in [-0.05, 0) is 66.1 Å². The number of hydrogen-bond donors (Lipinski definition) is 1. The molecule has 0 aliphatic heterocycles. The average Bonchev–Trinajstić information content (AvgIpc) is 2.44.